The molecule has 0 unspecified atom stereocenters. The zero-order valence-corrected chi connectivity index (χ0v) is 17.0. The fourth-order valence-corrected chi connectivity index (χ4v) is 3.04. The molecule has 1 amide bonds. The van der Waals surface area contributed by atoms with Crippen molar-refractivity contribution in [3.8, 4) is 11.5 Å². The van der Waals surface area contributed by atoms with Crippen LogP contribution in [0.5, 0.6) is 11.5 Å². The van der Waals surface area contributed by atoms with Crippen LogP contribution in [0.1, 0.15) is 21.5 Å². The lowest BCUT2D eigenvalue weighted by Gasteiger charge is -2.13. The first-order valence-corrected chi connectivity index (χ1v) is 9.35. The number of carbonyl (C=O) groups excluding carboxylic acids is 1. The molecule has 0 radical (unpaired) electrons. The SMILES string of the molecule is COc1ccc(C(=O)Nc2cccc(Cl)c2C)cc1COc1cccc(Cl)c1. The Balaban J connectivity index is 1.79. The molecule has 0 aliphatic carbocycles. The Morgan fingerprint density at radius 2 is 1.82 bits per heavy atom. The van der Waals surface area contributed by atoms with Crippen molar-refractivity contribution in [2.45, 2.75) is 13.5 Å². The number of ether oxygens (including phenoxy) is 2. The molecule has 1 N–H and O–H groups in total. The standard InChI is InChI=1S/C22H19Cl2NO3/c1-14-19(24)7-4-8-20(14)25-22(26)15-9-10-21(27-2)16(11-15)13-28-18-6-3-5-17(23)12-18/h3-12H,13H2,1-2H3,(H,25,26). The van der Waals surface area contributed by atoms with E-state index in [-0.39, 0.29) is 12.5 Å². The van der Waals surface area contributed by atoms with E-state index >= 15 is 0 Å². The highest BCUT2D eigenvalue weighted by Crippen LogP contribution is 2.26. The molecule has 4 nitrogen and oxygen atoms in total. The third-order valence-corrected chi connectivity index (χ3v) is 4.89. The van der Waals surface area contributed by atoms with Crippen LogP contribution in [-0.2, 0) is 6.61 Å². The van der Waals surface area contributed by atoms with Gasteiger partial charge in [0.1, 0.15) is 18.1 Å². The summed E-state index contributed by atoms with van der Waals surface area (Å²) in [6, 6.07) is 17.7. The Kier molecular flexibility index (Phi) is 6.45. The number of benzene rings is 3. The van der Waals surface area contributed by atoms with E-state index in [1.165, 1.54) is 0 Å². The average molecular weight is 416 g/mol. The molecule has 0 fully saturated rings. The van der Waals surface area contributed by atoms with Crippen molar-refractivity contribution < 1.29 is 14.3 Å². The van der Waals surface area contributed by atoms with Gasteiger partial charge in [0.25, 0.3) is 5.91 Å². The van der Waals surface area contributed by atoms with E-state index in [1.807, 2.05) is 25.1 Å². The van der Waals surface area contributed by atoms with E-state index in [0.717, 1.165) is 11.1 Å². The maximum atomic E-state index is 12.7. The van der Waals surface area contributed by atoms with Crippen LogP contribution in [0.4, 0.5) is 5.69 Å². The van der Waals surface area contributed by atoms with Gasteiger partial charge in [-0.05, 0) is 61.0 Å². The van der Waals surface area contributed by atoms with Gasteiger partial charge in [0.2, 0.25) is 0 Å². The Labute approximate surface area is 174 Å². The van der Waals surface area contributed by atoms with Crippen LogP contribution < -0.4 is 14.8 Å². The summed E-state index contributed by atoms with van der Waals surface area (Å²) in [6.07, 6.45) is 0. The Hall–Kier alpha value is -2.69. The quantitative estimate of drug-likeness (QED) is 0.525. The Bertz CT molecular complexity index is 1000. The van der Waals surface area contributed by atoms with Crippen LogP contribution >= 0.6 is 23.2 Å². The molecule has 0 aromatic heterocycles. The van der Waals surface area contributed by atoms with Crippen LogP contribution in [0.25, 0.3) is 0 Å². The summed E-state index contributed by atoms with van der Waals surface area (Å²) >= 11 is 12.1. The molecule has 0 bridgehead atoms. The minimum Gasteiger partial charge on any atom is -0.496 e. The van der Waals surface area contributed by atoms with E-state index in [1.54, 1.807) is 49.6 Å². The zero-order valence-electron chi connectivity index (χ0n) is 15.5. The van der Waals surface area contributed by atoms with Crippen molar-refractivity contribution in [2.75, 3.05) is 12.4 Å². The number of nitrogens with one attached hydrogen (secondary N) is 1. The van der Waals surface area contributed by atoms with Gasteiger partial charge in [-0.1, -0.05) is 35.3 Å². The molecule has 28 heavy (non-hydrogen) atoms. The number of carbonyl (C=O) groups is 1. The minimum atomic E-state index is -0.239. The van der Waals surface area contributed by atoms with E-state index in [0.29, 0.717) is 32.8 Å². The van der Waals surface area contributed by atoms with Crippen molar-refractivity contribution in [3.63, 3.8) is 0 Å². The van der Waals surface area contributed by atoms with Crippen LogP contribution in [0.2, 0.25) is 10.0 Å². The van der Waals surface area contributed by atoms with Gasteiger partial charge in [-0.3, -0.25) is 4.79 Å². The maximum absolute atomic E-state index is 12.7. The molecule has 0 saturated carbocycles. The predicted octanol–water partition coefficient (Wildman–Crippen LogP) is 6.14. The number of rotatable bonds is 6. The summed E-state index contributed by atoms with van der Waals surface area (Å²) in [5.41, 5.74) is 2.73. The number of hydrogen-bond acceptors (Lipinski definition) is 3. The van der Waals surface area contributed by atoms with Gasteiger partial charge in [0.05, 0.1) is 7.11 Å². The molecule has 144 valence electrons. The van der Waals surface area contributed by atoms with Crippen molar-refractivity contribution in [1.82, 2.24) is 0 Å². The largest absolute Gasteiger partial charge is 0.496 e. The summed E-state index contributed by atoms with van der Waals surface area (Å²) in [4.78, 5) is 12.7. The normalized spacial score (nSPS) is 10.4. The average Bonchev–Trinajstić information content (AvgIpc) is 2.69. The third kappa shape index (κ3) is 4.77. The Morgan fingerprint density at radius 3 is 2.57 bits per heavy atom. The van der Waals surface area contributed by atoms with Crippen molar-refractivity contribution in [2.24, 2.45) is 0 Å². The lowest BCUT2D eigenvalue weighted by Crippen LogP contribution is -2.13. The van der Waals surface area contributed by atoms with E-state index in [9.17, 15) is 4.79 Å². The number of anilines is 1. The molecule has 0 aliphatic heterocycles. The lowest BCUT2D eigenvalue weighted by molar-refractivity contribution is 0.102. The number of methoxy groups -OCH3 is 1. The van der Waals surface area contributed by atoms with Gasteiger partial charge in [-0.2, -0.15) is 0 Å². The van der Waals surface area contributed by atoms with E-state index in [4.69, 9.17) is 32.7 Å². The second-order valence-electron chi connectivity index (χ2n) is 6.14. The minimum absolute atomic E-state index is 0.237. The summed E-state index contributed by atoms with van der Waals surface area (Å²) in [6.45, 7) is 2.09. The molecular weight excluding hydrogens is 397 g/mol. The topological polar surface area (TPSA) is 47.6 Å². The van der Waals surface area contributed by atoms with Crippen LogP contribution in [0.3, 0.4) is 0 Å². The predicted molar refractivity (Wildman–Crippen MR) is 113 cm³/mol. The molecule has 6 heteroatoms. The second-order valence-corrected chi connectivity index (χ2v) is 6.98. The van der Waals surface area contributed by atoms with Gasteiger partial charge >= 0.3 is 0 Å². The molecule has 0 heterocycles. The van der Waals surface area contributed by atoms with Crippen molar-refractivity contribution in [3.05, 3.63) is 87.4 Å². The second kappa shape index (κ2) is 9.00. The van der Waals surface area contributed by atoms with E-state index < -0.39 is 0 Å². The van der Waals surface area contributed by atoms with Crippen molar-refractivity contribution in [1.29, 1.82) is 0 Å². The molecule has 3 aromatic carbocycles. The van der Waals surface area contributed by atoms with Gasteiger partial charge < -0.3 is 14.8 Å². The van der Waals surface area contributed by atoms with Crippen LogP contribution in [0.15, 0.2) is 60.7 Å². The summed E-state index contributed by atoms with van der Waals surface area (Å²) < 4.78 is 11.2. The van der Waals surface area contributed by atoms with E-state index in [2.05, 4.69) is 5.32 Å². The monoisotopic (exact) mass is 415 g/mol. The summed E-state index contributed by atoms with van der Waals surface area (Å²) in [5.74, 6) is 1.04. The first-order valence-electron chi connectivity index (χ1n) is 8.59. The molecular formula is C22H19Cl2NO3. The van der Waals surface area contributed by atoms with Gasteiger partial charge in [-0.25, -0.2) is 0 Å². The maximum Gasteiger partial charge on any atom is 0.255 e. The molecule has 0 atom stereocenters. The van der Waals surface area contributed by atoms with Crippen molar-refractivity contribution >= 4 is 34.8 Å². The molecule has 0 saturated heterocycles. The van der Waals surface area contributed by atoms with Gasteiger partial charge in [-0.15, -0.1) is 0 Å². The molecule has 3 aromatic rings. The highest BCUT2D eigenvalue weighted by molar-refractivity contribution is 6.32. The smallest absolute Gasteiger partial charge is 0.255 e. The van der Waals surface area contributed by atoms with Gasteiger partial charge in [0, 0.05) is 26.9 Å². The fraction of sp³-hybridized carbons (Fsp3) is 0.136. The molecule has 0 spiro atoms. The summed E-state index contributed by atoms with van der Waals surface area (Å²) in [7, 11) is 1.58. The van der Waals surface area contributed by atoms with Gasteiger partial charge in [0.15, 0.2) is 0 Å². The summed E-state index contributed by atoms with van der Waals surface area (Å²) in [5, 5.41) is 4.08. The molecule has 3 rings (SSSR count). The number of halogens is 2. The number of amides is 1. The first-order chi connectivity index (χ1) is 13.5. The van der Waals surface area contributed by atoms with Crippen LogP contribution in [0, 0.1) is 6.92 Å². The lowest BCUT2D eigenvalue weighted by atomic mass is 10.1. The Morgan fingerprint density at radius 1 is 1.04 bits per heavy atom. The first kappa shape index (κ1) is 20.1. The third-order valence-electron chi connectivity index (χ3n) is 4.25. The fourth-order valence-electron chi connectivity index (χ4n) is 2.69. The molecule has 0 aliphatic rings. The number of hydrogen-bond donors (Lipinski definition) is 1. The zero-order chi connectivity index (χ0) is 20.1. The highest BCUT2D eigenvalue weighted by Gasteiger charge is 2.13. The van der Waals surface area contributed by atoms with Crippen LogP contribution in [-0.4, -0.2) is 13.0 Å². The highest BCUT2D eigenvalue weighted by atomic mass is 35.5.